The van der Waals surface area contributed by atoms with Gasteiger partial charge in [0.2, 0.25) is 5.91 Å². The summed E-state index contributed by atoms with van der Waals surface area (Å²) in [7, 11) is 2.09. The van der Waals surface area contributed by atoms with Gasteiger partial charge < -0.3 is 9.80 Å². The fraction of sp³-hybridized carbons (Fsp3) is 0.533. The summed E-state index contributed by atoms with van der Waals surface area (Å²) in [5, 5.41) is 3.28. The molecule has 1 amide bonds. The zero-order valence-corrected chi connectivity index (χ0v) is 12.0. The zero-order chi connectivity index (χ0) is 13.8. The Balaban J connectivity index is 2.02. The van der Waals surface area contributed by atoms with E-state index < -0.39 is 0 Å². The Kier molecular flexibility index (Phi) is 4.56. The Hall–Kier alpha value is -1.39. The number of nitrogens with zero attached hydrogens (tertiary/aromatic N) is 2. The third-order valence-electron chi connectivity index (χ3n) is 3.77. The Morgan fingerprint density at radius 2 is 2.05 bits per heavy atom. The average molecular weight is 261 g/mol. The summed E-state index contributed by atoms with van der Waals surface area (Å²) in [6.45, 7) is 6.43. The first kappa shape index (κ1) is 14.0. The molecule has 1 heterocycles. The van der Waals surface area contributed by atoms with E-state index in [2.05, 4.69) is 43.2 Å². The molecular weight excluding hydrogens is 238 g/mol. The number of nitrogens with one attached hydrogen (secondary N) is 1. The number of hydrogen-bond acceptors (Lipinski definition) is 3. The number of rotatable bonds is 5. The standard InChI is InChI=1S/C15H23N3O/c1-12(2)17(3)9-10-18-14(19)11-16-15(18)13-7-5-4-6-8-13/h4-8,12,15-16H,9-11H2,1-3H3. The van der Waals surface area contributed by atoms with E-state index in [1.165, 1.54) is 0 Å². The lowest BCUT2D eigenvalue weighted by Crippen LogP contribution is -2.39. The second-order valence-corrected chi connectivity index (χ2v) is 5.36. The maximum absolute atomic E-state index is 12.0. The van der Waals surface area contributed by atoms with Crippen LogP contribution in [-0.2, 0) is 4.79 Å². The van der Waals surface area contributed by atoms with Crippen LogP contribution in [0.2, 0.25) is 0 Å². The maximum Gasteiger partial charge on any atom is 0.238 e. The van der Waals surface area contributed by atoms with Crippen molar-refractivity contribution in [3.05, 3.63) is 35.9 Å². The van der Waals surface area contributed by atoms with Crippen molar-refractivity contribution >= 4 is 5.91 Å². The molecule has 4 nitrogen and oxygen atoms in total. The highest BCUT2D eigenvalue weighted by Crippen LogP contribution is 2.21. The van der Waals surface area contributed by atoms with Gasteiger partial charge in [-0.3, -0.25) is 10.1 Å². The summed E-state index contributed by atoms with van der Waals surface area (Å²) in [4.78, 5) is 16.2. The molecule has 1 aromatic rings. The molecule has 4 heteroatoms. The number of benzene rings is 1. The highest BCUT2D eigenvalue weighted by Gasteiger charge is 2.31. The molecule has 19 heavy (non-hydrogen) atoms. The molecule has 1 saturated heterocycles. The minimum Gasteiger partial charge on any atom is -0.321 e. The molecule has 1 atom stereocenters. The van der Waals surface area contributed by atoms with Gasteiger partial charge in [0.25, 0.3) is 0 Å². The van der Waals surface area contributed by atoms with Crippen LogP contribution >= 0.6 is 0 Å². The number of likely N-dealkylation sites (N-methyl/N-ethyl adjacent to an activating group) is 1. The molecule has 0 spiro atoms. The first-order chi connectivity index (χ1) is 9.09. The summed E-state index contributed by atoms with van der Waals surface area (Å²) in [5.41, 5.74) is 1.15. The average Bonchev–Trinajstić information content (AvgIpc) is 2.78. The fourth-order valence-electron chi connectivity index (χ4n) is 2.25. The Morgan fingerprint density at radius 1 is 1.37 bits per heavy atom. The molecule has 0 aromatic heterocycles. The van der Waals surface area contributed by atoms with Crippen LogP contribution in [0, 0.1) is 0 Å². The van der Waals surface area contributed by atoms with Crippen molar-refractivity contribution in [1.29, 1.82) is 0 Å². The van der Waals surface area contributed by atoms with Gasteiger partial charge in [-0.2, -0.15) is 0 Å². The van der Waals surface area contributed by atoms with Crippen molar-refractivity contribution in [3.8, 4) is 0 Å². The van der Waals surface area contributed by atoms with Crippen molar-refractivity contribution in [2.24, 2.45) is 0 Å². The molecule has 2 rings (SSSR count). The van der Waals surface area contributed by atoms with Gasteiger partial charge in [0.05, 0.1) is 6.54 Å². The molecule has 1 aliphatic heterocycles. The molecular formula is C15H23N3O. The van der Waals surface area contributed by atoms with E-state index in [-0.39, 0.29) is 12.1 Å². The summed E-state index contributed by atoms with van der Waals surface area (Å²) < 4.78 is 0. The van der Waals surface area contributed by atoms with E-state index in [1.54, 1.807) is 0 Å². The Morgan fingerprint density at radius 3 is 2.68 bits per heavy atom. The first-order valence-corrected chi connectivity index (χ1v) is 6.87. The van der Waals surface area contributed by atoms with Crippen LogP contribution in [0.1, 0.15) is 25.6 Å². The van der Waals surface area contributed by atoms with E-state index in [0.29, 0.717) is 12.6 Å². The molecule has 1 aromatic carbocycles. The van der Waals surface area contributed by atoms with Crippen LogP contribution in [0.3, 0.4) is 0 Å². The third-order valence-corrected chi connectivity index (χ3v) is 3.77. The zero-order valence-electron chi connectivity index (χ0n) is 12.0. The molecule has 0 aliphatic carbocycles. The highest BCUT2D eigenvalue weighted by atomic mass is 16.2. The number of carbonyl (C=O) groups is 1. The van der Waals surface area contributed by atoms with E-state index in [1.807, 2.05) is 23.1 Å². The monoisotopic (exact) mass is 261 g/mol. The number of carbonyl (C=O) groups excluding carboxylic acids is 1. The van der Waals surface area contributed by atoms with Crippen molar-refractivity contribution in [3.63, 3.8) is 0 Å². The Labute approximate surface area is 115 Å². The molecule has 0 radical (unpaired) electrons. The lowest BCUT2D eigenvalue weighted by molar-refractivity contribution is -0.128. The van der Waals surface area contributed by atoms with E-state index in [4.69, 9.17) is 0 Å². The fourth-order valence-corrected chi connectivity index (χ4v) is 2.25. The number of hydrogen-bond donors (Lipinski definition) is 1. The van der Waals surface area contributed by atoms with E-state index in [0.717, 1.165) is 18.7 Å². The lowest BCUT2D eigenvalue weighted by Gasteiger charge is -2.28. The maximum atomic E-state index is 12.0. The molecule has 1 N–H and O–H groups in total. The van der Waals surface area contributed by atoms with Crippen LogP contribution in [-0.4, -0.2) is 48.4 Å². The van der Waals surface area contributed by atoms with Crippen LogP contribution in [0.5, 0.6) is 0 Å². The second-order valence-electron chi connectivity index (χ2n) is 5.36. The van der Waals surface area contributed by atoms with Crippen LogP contribution in [0.4, 0.5) is 0 Å². The predicted octanol–water partition coefficient (Wildman–Crippen LogP) is 1.46. The topological polar surface area (TPSA) is 35.6 Å². The van der Waals surface area contributed by atoms with Crippen LogP contribution < -0.4 is 5.32 Å². The minimum absolute atomic E-state index is 0.0225. The molecule has 1 unspecified atom stereocenters. The van der Waals surface area contributed by atoms with E-state index >= 15 is 0 Å². The third kappa shape index (κ3) is 3.33. The van der Waals surface area contributed by atoms with Gasteiger partial charge in [0.1, 0.15) is 6.17 Å². The highest BCUT2D eigenvalue weighted by molar-refractivity contribution is 5.80. The van der Waals surface area contributed by atoms with Crippen molar-refractivity contribution < 1.29 is 4.79 Å². The van der Waals surface area contributed by atoms with Gasteiger partial charge >= 0.3 is 0 Å². The second kappa shape index (κ2) is 6.17. The summed E-state index contributed by atoms with van der Waals surface area (Å²) in [6.07, 6.45) is 0.0225. The lowest BCUT2D eigenvalue weighted by atomic mass is 10.1. The van der Waals surface area contributed by atoms with Gasteiger partial charge in [0, 0.05) is 19.1 Å². The largest absolute Gasteiger partial charge is 0.321 e. The van der Waals surface area contributed by atoms with Gasteiger partial charge in [0.15, 0.2) is 0 Å². The number of amides is 1. The molecule has 0 saturated carbocycles. The molecule has 0 bridgehead atoms. The first-order valence-electron chi connectivity index (χ1n) is 6.87. The normalized spacial score (nSPS) is 19.7. The summed E-state index contributed by atoms with van der Waals surface area (Å²) in [6, 6.07) is 10.7. The quantitative estimate of drug-likeness (QED) is 0.871. The summed E-state index contributed by atoms with van der Waals surface area (Å²) >= 11 is 0. The predicted molar refractivity (Wildman–Crippen MR) is 76.7 cm³/mol. The van der Waals surface area contributed by atoms with Gasteiger partial charge in [-0.05, 0) is 26.5 Å². The Bertz CT molecular complexity index is 419. The van der Waals surface area contributed by atoms with Crippen molar-refractivity contribution in [2.75, 3.05) is 26.7 Å². The molecule has 1 aliphatic rings. The minimum atomic E-state index is 0.0225. The van der Waals surface area contributed by atoms with Crippen molar-refractivity contribution in [2.45, 2.75) is 26.1 Å². The van der Waals surface area contributed by atoms with Crippen molar-refractivity contribution in [1.82, 2.24) is 15.1 Å². The van der Waals surface area contributed by atoms with Crippen LogP contribution in [0.15, 0.2) is 30.3 Å². The summed E-state index contributed by atoms with van der Waals surface area (Å²) in [5.74, 6) is 0.186. The van der Waals surface area contributed by atoms with E-state index in [9.17, 15) is 4.79 Å². The SMILES string of the molecule is CC(C)N(C)CCN1C(=O)CNC1c1ccccc1. The van der Waals surface area contributed by atoms with Gasteiger partial charge in [-0.1, -0.05) is 30.3 Å². The van der Waals surface area contributed by atoms with Gasteiger partial charge in [-0.15, -0.1) is 0 Å². The van der Waals surface area contributed by atoms with Crippen LogP contribution in [0.25, 0.3) is 0 Å². The smallest absolute Gasteiger partial charge is 0.238 e. The molecule has 1 fully saturated rings. The molecule has 104 valence electrons. The van der Waals surface area contributed by atoms with Gasteiger partial charge in [-0.25, -0.2) is 0 Å².